The molecule has 2 heterocycles. The largest absolute Gasteiger partial charge is 0.466 e. The zero-order chi connectivity index (χ0) is 23.8. The first-order valence-electron chi connectivity index (χ1n) is 11.2. The average molecular weight is 455 g/mol. The van der Waals surface area contributed by atoms with Gasteiger partial charge < -0.3 is 10.1 Å². The maximum atomic E-state index is 12.7. The second-order valence-corrected chi connectivity index (χ2v) is 7.77. The van der Waals surface area contributed by atoms with Gasteiger partial charge in [-0.1, -0.05) is 42.5 Å². The molecule has 0 unspecified atom stereocenters. The van der Waals surface area contributed by atoms with Gasteiger partial charge in [0.05, 0.1) is 30.7 Å². The lowest BCUT2D eigenvalue weighted by Crippen LogP contribution is -2.12. The van der Waals surface area contributed by atoms with Crippen LogP contribution in [-0.2, 0) is 22.5 Å². The summed E-state index contributed by atoms with van der Waals surface area (Å²) in [5, 5.41) is 7.65. The summed E-state index contributed by atoms with van der Waals surface area (Å²) in [6.07, 6.45) is 6.06. The number of anilines is 1. The summed E-state index contributed by atoms with van der Waals surface area (Å²) in [6, 6.07) is 20.9. The fourth-order valence-electron chi connectivity index (χ4n) is 3.67. The molecule has 7 heteroatoms. The molecular weight excluding hydrogens is 428 g/mol. The number of amides is 1. The van der Waals surface area contributed by atoms with Gasteiger partial charge >= 0.3 is 5.97 Å². The minimum Gasteiger partial charge on any atom is -0.466 e. The second kappa shape index (κ2) is 11.0. The minimum atomic E-state index is -0.221. The van der Waals surface area contributed by atoms with Crippen molar-refractivity contribution in [3.05, 3.63) is 102 Å². The van der Waals surface area contributed by atoms with Crippen molar-refractivity contribution in [1.82, 2.24) is 14.8 Å². The van der Waals surface area contributed by atoms with Crippen LogP contribution in [0, 0.1) is 0 Å². The van der Waals surface area contributed by atoms with E-state index >= 15 is 0 Å². The molecule has 2 aromatic carbocycles. The molecule has 172 valence electrons. The third-order valence-electron chi connectivity index (χ3n) is 5.24. The van der Waals surface area contributed by atoms with Crippen LogP contribution in [0.2, 0.25) is 0 Å². The van der Waals surface area contributed by atoms with Crippen molar-refractivity contribution in [3.8, 4) is 11.3 Å². The second-order valence-electron chi connectivity index (χ2n) is 7.77. The van der Waals surface area contributed by atoms with Gasteiger partial charge in [-0.05, 0) is 48.7 Å². The number of benzene rings is 2. The molecule has 1 N–H and O–H groups in total. The number of aryl methyl sites for hydroxylation is 1. The van der Waals surface area contributed by atoms with E-state index in [1.807, 2.05) is 59.4 Å². The van der Waals surface area contributed by atoms with Gasteiger partial charge in [0.25, 0.3) is 5.91 Å². The Morgan fingerprint density at radius 1 is 1.03 bits per heavy atom. The molecule has 0 aliphatic heterocycles. The van der Waals surface area contributed by atoms with Crippen LogP contribution >= 0.6 is 0 Å². The van der Waals surface area contributed by atoms with Crippen molar-refractivity contribution in [3.63, 3.8) is 0 Å². The maximum Gasteiger partial charge on any atom is 0.306 e. The molecule has 4 aromatic rings. The number of pyridine rings is 1. The molecule has 0 radical (unpaired) electrons. The SMILES string of the molecule is CCOC(=O)CCc1cn(Cc2cccc(C(=O)Nc3cccnc3)c2)nc1-c1ccccc1. The summed E-state index contributed by atoms with van der Waals surface area (Å²) < 4.78 is 6.93. The van der Waals surface area contributed by atoms with Gasteiger partial charge in [-0.2, -0.15) is 5.10 Å². The molecule has 0 aliphatic carbocycles. The van der Waals surface area contributed by atoms with Crippen molar-refractivity contribution in [2.75, 3.05) is 11.9 Å². The molecule has 4 rings (SSSR count). The summed E-state index contributed by atoms with van der Waals surface area (Å²) in [7, 11) is 0. The first-order chi connectivity index (χ1) is 16.6. The number of carbonyl (C=O) groups excluding carboxylic acids is 2. The Labute approximate surface area is 198 Å². The Hall–Kier alpha value is -4.26. The van der Waals surface area contributed by atoms with Crippen LogP contribution in [0.4, 0.5) is 5.69 Å². The Morgan fingerprint density at radius 2 is 1.88 bits per heavy atom. The molecule has 7 nitrogen and oxygen atoms in total. The minimum absolute atomic E-state index is 0.199. The first kappa shape index (κ1) is 22.9. The summed E-state index contributed by atoms with van der Waals surface area (Å²) in [4.78, 5) is 28.6. The number of hydrogen-bond donors (Lipinski definition) is 1. The lowest BCUT2D eigenvalue weighted by Gasteiger charge is -2.07. The highest BCUT2D eigenvalue weighted by atomic mass is 16.5. The molecule has 0 saturated carbocycles. The molecule has 0 saturated heterocycles. The van der Waals surface area contributed by atoms with Crippen molar-refractivity contribution >= 4 is 17.6 Å². The summed E-state index contributed by atoms with van der Waals surface area (Å²) in [5.41, 5.74) is 4.95. The van der Waals surface area contributed by atoms with E-state index < -0.39 is 0 Å². The number of nitrogens with one attached hydrogen (secondary N) is 1. The predicted octanol–water partition coefficient (Wildman–Crippen LogP) is 4.74. The molecule has 0 spiro atoms. The number of esters is 1. The number of nitrogens with zero attached hydrogens (tertiary/aromatic N) is 3. The molecule has 34 heavy (non-hydrogen) atoms. The lowest BCUT2D eigenvalue weighted by atomic mass is 10.0. The van der Waals surface area contributed by atoms with Gasteiger partial charge in [-0.25, -0.2) is 0 Å². The van der Waals surface area contributed by atoms with Crippen LogP contribution in [0.3, 0.4) is 0 Å². The smallest absolute Gasteiger partial charge is 0.306 e. The van der Waals surface area contributed by atoms with Gasteiger partial charge in [-0.3, -0.25) is 19.3 Å². The van der Waals surface area contributed by atoms with Crippen LogP contribution in [-0.4, -0.2) is 33.2 Å². The average Bonchev–Trinajstić information content (AvgIpc) is 3.27. The Morgan fingerprint density at radius 3 is 2.65 bits per heavy atom. The van der Waals surface area contributed by atoms with Crippen LogP contribution in [0.25, 0.3) is 11.3 Å². The van der Waals surface area contributed by atoms with Crippen molar-refractivity contribution < 1.29 is 14.3 Å². The van der Waals surface area contributed by atoms with Crippen molar-refractivity contribution in [2.45, 2.75) is 26.3 Å². The van der Waals surface area contributed by atoms with Crippen molar-refractivity contribution in [2.24, 2.45) is 0 Å². The normalized spacial score (nSPS) is 10.6. The molecule has 2 aromatic heterocycles. The number of carbonyl (C=O) groups is 2. The van der Waals surface area contributed by atoms with Gasteiger partial charge in [0.1, 0.15) is 0 Å². The maximum absolute atomic E-state index is 12.7. The quantitative estimate of drug-likeness (QED) is 0.369. The molecule has 0 bridgehead atoms. The van der Waals surface area contributed by atoms with Crippen LogP contribution in [0.5, 0.6) is 0 Å². The number of rotatable bonds is 9. The fraction of sp³-hybridized carbons (Fsp3) is 0.185. The summed E-state index contributed by atoms with van der Waals surface area (Å²) in [5.74, 6) is -0.419. The van der Waals surface area contributed by atoms with E-state index in [-0.39, 0.29) is 11.9 Å². The van der Waals surface area contributed by atoms with Gasteiger partial charge in [0.15, 0.2) is 0 Å². The van der Waals surface area contributed by atoms with Crippen LogP contribution in [0.15, 0.2) is 85.3 Å². The summed E-state index contributed by atoms with van der Waals surface area (Å²) in [6.45, 7) is 2.66. The fourth-order valence-corrected chi connectivity index (χ4v) is 3.67. The highest BCUT2D eigenvalue weighted by Gasteiger charge is 2.14. The number of hydrogen-bond acceptors (Lipinski definition) is 5. The highest BCUT2D eigenvalue weighted by molar-refractivity contribution is 6.04. The zero-order valence-corrected chi connectivity index (χ0v) is 19.0. The summed E-state index contributed by atoms with van der Waals surface area (Å²) >= 11 is 0. The lowest BCUT2D eigenvalue weighted by molar-refractivity contribution is -0.143. The number of aromatic nitrogens is 3. The monoisotopic (exact) mass is 454 g/mol. The topological polar surface area (TPSA) is 86.1 Å². The first-order valence-corrected chi connectivity index (χ1v) is 11.2. The molecule has 1 amide bonds. The van der Waals surface area contributed by atoms with Crippen molar-refractivity contribution in [1.29, 1.82) is 0 Å². The molecular formula is C27H26N4O3. The van der Waals surface area contributed by atoms with E-state index in [1.54, 1.807) is 37.5 Å². The zero-order valence-electron chi connectivity index (χ0n) is 19.0. The van der Waals surface area contributed by atoms with Crippen LogP contribution < -0.4 is 5.32 Å². The van der Waals surface area contributed by atoms with E-state index in [2.05, 4.69) is 10.3 Å². The van der Waals surface area contributed by atoms with E-state index in [1.165, 1.54) is 0 Å². The predicted molar refractivity (Wildman–Crippen MR) is 130 cm³/mol. The third-order valence-corrected chi connectivity index (χ3v) is 5.24. The third kappa shape index (κ3) is 5.95. The molecule has 0 aliphatic rings. The van der Waals surface area contributed by atoms with Gasteiger partial charge in [0.2, 0.25) is 0 Å². The van der Waals surface area contributed by atoms with Gasteiger partial charge in [-0.15, -0.1) is 0 Å². The van der Waals surface area contributed by atoms with Crippen LogP contribution in [0.1, 0.15) is 34.8 Å². The van der Waals surface area contributed by atoms with E-state index in [0.717, 1.165) is 22.4 Å². The van der Waals surface area contributed by atoms with Gasteiger partial charge in [0, 0.05) is 29.9 Å². The Balaban J connectivity index is 1.53. The standard InChI is InChI=1S/C27H26N4O3/c1-2-34-25(32)14-13-23-19-31(30-26(23)21-9-4-3-5-10-21)18-20-8-6-11-22(16-20)27(33)29-24-12-7-15-28-17-24/h3-12,15-17,19H,2,13-14,18H2,1H3,(H,29,33). The van der Waals surface area contributed by atoms with E-state index in [4.69, 9.17) is 9.84 Å². The Kier molecular flexibility index (Phi) is 7.45. The Bertz CT molecular complexity index is 1250. The number of ether oxygens (including phenoxy) is 1. The highest BCUT2D eigenvalue weighted by Crippen LogP contribution is 2.24. The van der Waals surface area contributed by atoms with E-state index in [9.17, 15) is 9.59 Å². The van der Waals surface area contributed by atoms with E-state index in [0.29, 0.717) is 37.2 Å². The molecule has 0 atom stereocenters. The molecule has 0 fully saturated rings.